The zero-order valence-electron chi connectivity index (χ0n) is 13.1. The average molecular weight is 355 g/mol. The molecule has 1 aromatic rings. The Morgan fingerprint density at radius 2 is 2.33 bits per heavy atom. The van der Waals surface area contributed by atoms with E-state index < -0.39 is 0 Å². The number of hydrogen-bond acceptors (Lipinski definition) is 3. The molecular formula is C17H27BrN2O. The van der Waals surface area contributed by atoms with E-state index in [-0.39, 0.29) is 0 Å². The molecule has 0 radical (unpaired) electrons. The molecule has 0 aliphatic carbocycles. The minimum absolute atomic E-state index is 0.357. The number of rotatable bonds is 6. The van der Waals surface area contributed by atoms with Gasteiger partial charge in [0.05, 0.1) is 6.10 Å². The van der Waals surface area contributed by atoms with Crippen molar-refractivity contribution in [2.24, 2.45) is 0 Å². The molecule has 0 amide bonds. The maximum absolute atomic E-state index is 5.72. The lowest BCUT2D eigenvalue weighted by atomic mass is 10.0. The van der Waals surface area contributed by atoms with E-state index in [4.69, 9.17) is 4.74 Å². The van der Waals surface area contributed by atoms with Crippen molar-refractivity contribution in [3.63, 3.8) is 0 Å². The van der Waals surface area contributed by atoms with Crippen molar-refractivity contribution in [1.82, 2.24) is 10.2 Å². The molecule has 0 bridgehead atoms. The molecule has 0 saturated carbocycles. The van der Waals surface area contributed by atoms with Gasteiger partial charge in [0.2, 0.25) is 0 Å². The third-order valence-corrected chi connectivity index (χ3v) is 4.47. The van der Waals surface area contributed by atoms with Crippen LogP contribution in [-0.4, -0.2) is 43.8 Å². The maximum atomic E-state index is 5.72. The molecule has 1 saturated heterocycles. The first-order valence-corrected chi connectivity index (χ1v) is 8.81. The summed E-state index contributed by atoms with van der Waals surface area (Å²) in [7, 11) is 0. The van der Waals surface area contributed by atoms with Gasteiger partial charge in [-0.15, -0.1) is 0 Å². The van der Waals surface area contributed by atoms with Gasteiger partial charge in [-0.3, -0.25) is 0 Å². The summed E-state index contributed by atoms with van der Waals surface area (Å²) in [5.41, 5.74) is 1.37. The second-order valence-electron chi connectivity index (χ2n) is 5.79. The molecule has 2 atom stereocenters. The highest BCUT2D eigenvalue weighted by Gasteiger charge is 2.17. The number of hydrogen-bond donors (Lipinski definition) is 1. The summed E-state index contributed by atoms with van der Waals surface area (Å²) in [5.74, 6) is 0. The SMILES string of the molecule is CCNC(CCN1CCCOC(C)C1)c1cccc(Br)c1. The fourth-order valence-corrected chi connectivity index (χ4v) is 3.37. The van der Waals surface area contributed by atoms with E-state index in [1.807, 2.05) is 0 Å². The first-order chi connectivity index (χ1) is 10.2. The van der Waals surface area contributed by atoms with Gasteiger partial charge in [-0.1, -0.05) is 35.0 Å². The lowest BCUT2D eigenvalue weighted by Crippen LogP contribution is -2.33. The molecule has 1 heterocycles. The molecule has 1 aliphatic heterocycles. The van der Waals surface area contributed by atoms with Crippen LogP contribution in [0.15, 0.2) is 28.7 Å². The Kier molecular flexibility index (Phi) is 7.17. The zero-order chi connectivity index (χ0) is 15.1. The molecule has 4 heteroatoms. The smallest absolute Gasteiger partial charge is 0.0673 e. The number of halogens is 1. The Morgan fingerprint density at radius 1 is 1.48 bits per heavy atom. The predicted molar refractivity (Wildman–Crippen MR) is 91.6 cm³/mol. The van der Waals surface area contributed by atoms with Gasteiger partial charge in [0.15, 0.2) is 0 Å². The van der Waals surface area contributed by atoms with Crippen molar-refractivity contribution in [2.45, 2.75) is 38.8 Å². The highest BCUT2D eigenvalue weighted by Crippen LogP contribution is 2.21. The minimum Gasteiger partial charge on any atom is -0.377 e. The summed E-state index contributed by atoms with van der Waals surface area (Å²) in [6.07, 6.45) is 2.64. The average Bonchev–Trinajstić information content (AvgIpc) is 2.67. The maximum Gasteiger partial charge on any atom is 0.0673 e. The van der Waals surface area contributed by atoms with Crippen LogP contribution in [0.1, 0.15) is 38.3 Å². The van der Waals surface area contributed by atoms with Gasteiger partial charge >= 0.3 is 0 Å². The summed E-state index contributed by atoms with van der Waals surface area (Å²) in [4.78, 5) is 2.54. The van der Waals surface area contributed by atoms with Gasteiger partial charge in [-0.25, -0.2) is 0 Å². The van der Waals surface area contributed by atoms with Gasteiger partial charge in [-0.2, -0.15) is 0 Å². The number of benzene rings is 1. The van der Waals surface area contributed by atoms with E-state index in [0.29, 0.717) is 12.1 Å². The molecular weight excluding hydrogens is 328 g/mol. The van der Waals surface area contributed by atoms with Crippen LogP contribution in [0, 0.1) is 0 Å². The van der Waals surface area contributed by atoms with Gasteiger partial charge in [0, 0.05) is 36.8 Å². The Hall–Kier alpha value is -0.420. The summed E-state index contributed by atoms with van der Waals surface area (Å²) in [6.45, 7) is 9.58. The topological polar surface area (TPSA) is 24.5 Å². The van der Waals surface area contributed by atoms with Crippen LogP contribution in [0.2, 0.25) is 0 Å². The summed E-state index contributed by atoms with van der Waals surface area (Å²) in [5, 5.41) is 3.61. The van der Waals surface area contributed by atoms with E-state index in [0.717, 1.165) is 50.1 Å². The van der Waals surface area contributed by atoms with E-state index >= 15 is 0 Å². The fourth-order valence-electron chi connectivity index (χ4n) is 2.95. The van der Waals surface area contributed by atoms with Crippen LogP contribution in [-0.2, 0) is 4.74 Å². The van der Waals surface area contributed by atoms with E-state index in [2.05, 4.69) is 64.3 Å². The van der Waals surface area contributed by atoms with Gasteiger partial charge in [0.25, 0.3) is 0 Å². The normalized spacial score (nSPS) is 22.0. The van der Waals surface area contributed by atoms with Crippen molar-refractivity contribution in [1.29, 1.82) is 0 Å². The summed E-state index contributed by atoms with van der Waals surface area (Å²) < 4.78 is 6.88. The Morgan fingerprint density at radius 3 is 3.10 bits per heavy atom. The summed E-state index contributed by atoms with van der Waals surface area (Å²) >= 11 is 3.57. The molecule has 2 rings (SSSR count). The molecule has 1 N–H and O–H groups in total. The molecule has 1 fully saturated rings. The quantitative estimate of drug-likeness (QED) is 0.844. The number of ether oxygens (including phenoxy) is 1. The van der Waals surface area contributed by atoms with Crippen LogP contribution in [0.25, 0.3) is 0 Å². The van der Waals surface area contributed by atoms with E-state index in [9.17, 15) is 0 Å². The van der Waals surface area contributed by atoms with Crippen LogP contribution in [0.5, 0.6) is 0 Å². The Bertz CT molecular complexity index is 427. The molecule has 1 aliphatic rings. The lowest BCUT2D eigenvalue weighted by Gasteiger charge is -2.25. The van der Waals surface area contributed by atoms with Crippen LogP contribution in [0.3, 0.4) is 0 Å². The highest BCUT2D eigenvalue weighted by molar-refractivity contribution is 9.10. The van der Waals surface area contributed by atoms with Crippen molar-refractivity contribution in [3.05, 3.63) is 34.3 Å². The molecule has 118 valence electrons. The molecule has 0 spiro atoms. The molecule has 3 nitrogen and oxygen atoms in total. The fraction of sp³-hybridized carbons (Fsp3) is 0.647. The number of nitrogens with one attached hydrogen (secondary N) is 1. The Labute approximate surface area is 137 Å². The molecule has 21 heavy (non-hydrogen) atoms. The zero-order valence-corrected chi connectivity index (χ0v) is 14.7. The number of nitrogens with zero attached hydrogens (tertiary/aromatic N) is 1. The van der Waals surface area contributed by atoms with E-state index in [1.54, 1.807) is 0 Å². The summed E-state index contributed by atoms with van der Waals surface area (Å²) in [6, 6.07) is 9.06. The van der Waals surface area contributed by atoms with Gasteiger partial charge in [-0.05, 0) is 44.0 Å². The van der Waals surface area contributed by atoms with Crippen molar-refractivity contribution < 1.29 is 4.74 Å². The van der Waals surface area contributed by atoms with Crippen LogP contribution in [0.4, 0.5) is 0 Å². The second-order valence-corrected chi connectivity index (χ2v) is 6.71. The van der Waals surface area contributed by atoms with Crippen LogP contribution >= 0.6 is 15.9 Å². The standard InChI is InChI=1S/C17H27BrN2O/c1-3-19-17(15-6-4-7-16(18)12-15)8-10-20-9-5-11-21-14(2)13-20/h4,6-7,12,14,17,19H,3,5,8-11,13H2,1-2H3. The van der Waals surface area contributed by atoms with Crippen LogP contribution < -0.4 is 5.32 Å². The highest BCUT2D eigenvalue weighted by atomic mass is 79.9. The Balaban J connectivity index is 1.93. The van der Waals surface area contributed by atoms with Gasteiger partial charge in [0.1, 0.15) is 0 Å². The monoisotopic (exact) mass is 354 g/mol. The van der Waals surface area contributed by atoms with Gasteiger partial charge < -0.3 is 15.0 Å². The van der Waals surface area contributed by atoms with Crippen molar-refractivity contribution in [2.75, 3.05) is 32.8 Å². The lowest BCUT2D eigenvalue weighted by molar-refractivity contribution is 0.0672. The third-order valence-electron chi connectivity index (χ3n) is 3.97. The largest absolute Gasteiger partial charge is 0.377 e. The van der Waals surface area contributed by atoms with Crippen molar-refractivity contribution in [3.8, 4) is 0 Å². The first-order valence-electron chi connectivity index (χ1n) is 8.02. The minimum atomic E-state index is 0.357. The third kappa shape index (κ3) is 5.70. The molecule has 1 aromatic carbocycles. The van der Waals surface area contributed by atoms with E-state index in [1.165, 1.54) is 5.56 Å². The predicted octanol–water partition coefficient (Wildman–Crippen LogP) is 3.60. The second kappa shape index (κ2) is 8.89. The molecule has 2 unspecified atom stereocenters. The molecule has 0 aromatic heterocycles. The van der Waals surface area contributed by atoms with Crippen molar-refractivity contribution >= 4 is 15.9 Å². The first kappa shape index (κ1) is 16.9.